The van der Waals surface area contributed by atoms with Gasteiger partial charge in [-0.2, -0.15) is 0 Å². The lowest BCUT2D eigenvalue weighted by atomic mass is 10.0. The molecule has 0 spiro atoms. The Morgan fingerprint density at radius 1 is 1.04 bits per heavy atom. The van der Waals surface area contributed by atoms with E-state index in [0.717, 1.165) is 38.0 Å². The zero-order valence-corrected chi connectivity index (χ0v) is 16.4. The van der Waals surface area contributed by atoms with E-state index in [2.05, 4.69) is 59.3 Å². The van der Waals surface area contributed by atoms with E-state index in [9.17, 15) is 4.79 Å². The predicted molar refractivity (Wildman–Crippen MR) is 115 cm³/mol. The van der Waals surface area contributed by atoms with Crippen LogP contribution in [-0.2, 0) is 11.2 Å². The average Bonchev–Trinajstić information content (AvgIpc) is 2.74. The van der Waals surface area contributed by atoms with Crippen LogP contribution >= 0.6 is 0 Å². The van der Waals surface area contributed by atoms with Gasteiger partial charge in [0, 0.05) is 49.4 Å². The minimum absolute atomic E-state index is 0.276. The van der Waals surface area contributed by atoms with Gasteiger partial charge in [0.25, 0.3) is 0 Å². The van der Waals surface area contributed by atoms with E-state index in [-0.39, 0.29) is 5.91 Å². The van der Waals surface area contributed by atoms with Gasteiger partial charge < -0.3 is 9.80 Å². The normalized spacial score (nSPS) is 17.1. The number of piperazine rings is 1. The highest BCUT2D eigenvalue weighted by Gasteiger charge is 2.26. The third-order valence-electron chi connectivity index (χ3n) is 5.64. The first-order valence-corrected chi connectivity index (χ1v) is 10.1. The van der Waals surface area contributed by atoms with E-state index in [1.165, 1.54) is 16.6 Å². The molecule has 1 fully saturated rings. The summed E-state index contributed by atoms with van der Waals surface area (Å²) in [5.74, 6) is 0.276. The molecule has 0 aliphatic carbocycles. The number of anilines is 1. The maximum atomic E-state index is 12.7. The van der Waals surface area contributed by atoms with Gasteiger partial charge in [0.15, 0.2) is 0 Å². The summed E-state index contributed by atoms with van der Waals surface area (Å²) in [6.45, 7) is 4.70. The van der Waals surface area contributed by atoms with Crippen LogP contribution in [0.4, 0.5) is 5.69 Å². The molecule has 0 saturated carbocycles. The second kappa shape index (κ2) is 8.42. The smallest absolute Gasteiger partial charge is 0.222 e. The number of hydrogen-bond donors (Lipinski definition) is 0. The van der Waals surface area contributed by atoms with E-state index >= 15 is 0 Å². The van der Waals surface area contributed by atoms with Crippen molar-refractivity contribution in [3.05, 3.63) is 72.4 Å². The van der Waals surface area contributed by atoms with Gasteiger partial charge in [-0.25, -0.2) is 0 Å². The van der Waals surface area contributed by atoms with Crippen molar-refractivity contribution >= 4 is 22.5 Å². The van der Waals surface area contributed by atoms with Gasteiger partial charge in [-0.3, -0.25) is 9.78 Å². The van der Waals surface area contributed by atoms with E-state index in [1.54, 1.807) is 0 Å². The number of nitrogens with zero attached hydrogens (tertiary/aromatic N) is 3. The highest BCUT2D eigenvalue weighted by atomic mass is 16.2. The zero-order chi connectivity index (χ0) is 19.3. The molecule has 1 aliphatic rings. The van der Waals surface area contributed by atoms with Crippen LogP contribution in [0.5, 0.6) is 0 Å². The Kier molecular flexibility index (Phi) is 5.56. The maximum Gasteiger partial charge on any atom is 0.222 e. The lowest BCUT2D eigenvalue weighted by molar-refractivity contribution is -0.132. The van der Waals surface area contributed by atoms with Gasteiger partial charge in [0.1, 0.15) is 0 Å². The molecule has 1 amide bonds. The summed E-state index contributed by atoms with van der Waals surface area (Å²) in [5.41, 5.74) is 3.55. The Labute approximate surface area is 166 Å². The molecule has 1 unspecified atom stereocenters. The number of amides is 1. The van der Waals surface area contributed by atoms with Crippen LogP contribution in [0.2, 0.25) is 0 Å². The monoisotopic (exact) mass is 373 g/mol. The Balaban J connectivity index is 1.31. The first-order valence-electron chi connectivity index (χ1n) is 10.1. The third kappa shape index (κ3) is 4.01. The Bertz CT molecular complexity index is 935. The van der Waals surface area contributed by atoms with Crippen molar-refractivity contribution in [2.45, 2.75) is 32.2 Å². The summed E-state index contributed by atoms with van der Waals surface area (Å²) >= 11 is 0. The first kappa shape index (κ1) is 18.5. The maximum absolute atomic E-state index is 12.7. The van der Waals surface area contributed by atoms with E-state index < -0.39 is 0 Å². The van der Waals surface area contributed by atoms with Gasteiger partial charge >= 0.3 is 0 Å². The number of hydrogen-bond acceptors (Lipinski definition) is 3. The predicted octanol–water partition coefficient (Wildman–Crippen LogP) is 4.29. The number of carbonyl (C=O) groups is 1. The van der Waals surface area contributed by atoms with Crippen molar-refractivity contribution in [2.75, 3.05) is 24.5 Å². The van der Waals surface area contributed by atoms with Crippen molar-refractivity contribution in [2.24, 2.45) is 0 Å². The Hall–Kier alpha value is -2.88. The Morgan fingerprint density at radius 2 is 1.89 bits per heavy atom. The van der Waals surface area contributed by atoms with Crippen LogP contribution in [-0.4, -0.2) is 41.5 Å². The molecule has 28 heavy (non-hydrogen) atoms. The SMILES string of the molecule is CC1CN(C(=O)CCCc2cccc3ncccc23)CCN1c1ccccc1. The van der Waals surface area contributed by atoms with Gasteiger partial charge in [-0.15, -0.1) is 0 Å². The molecule has 0 N–H and O–H groups in total. The second-order valence-corrected chi connectivity index (χ2v) is 7.56. The molecular formula is C24H27N3O. The van der Waals surface area contributed by atoms with Crippen molar-refractivity contribution in [1.82, 2.24) is 9.88 Å². The fourth-order valence-electron chi connectivity index (χ4n) is 4.16. The molecule has 1 saturated heterocycles. The van der Waals surface area contributed by atoms with Crippen LogP contribution in [0.25, 0.3) is 10.9 Å². The molecule has 0 bridgehead atoms. The molecule has 2 aromatic carbocycles. The molecule has 2 heterocycles. The number of benzene rings is 2. The highest BCUT2D eigenvalue weighted by Crippen LogP contribution is 2.22. The molecule has 144 valence electrons. The lowest BCUT2D eigenvalue weighted by Crippen LogP contribution is -2.53. The number of aryl methyl sites for hydroxylation is 1. The summed E-state index contributed by atoms with van der Waals surface area (Å²) in [4.78, 5) is 21.6. The van der Waals surface area contributed by atoms with Crippen molar-refractivity contribution in [3.63, 3.8) is 0 Å². The summed E-state index contributed by atoms with van der Waals surface area (Å²) in [6.07, 6.45) is 4.22. The van der Waals surface area contributed by atoms with Crippen LogP contribution in [0.1, 0.15) is 25.3 Å². The number of pyridine rings is 1. The number of para-hydroxylation sites is 1. The first-order chi connectivity index (χ1) is 13.7. The standard InChI is InChI=1S/C24H27N3O/c1-19-18-26(16-17-27(19)21-10-3-2-4-11-21)24(28)14-6-9-20-8-5-13-23-22(20)12-7-15-25-23/h2-5,7-8,10-13,15,19H,6,9,14,16-18H2,1H3. The average molecular weight is 374 g/mol. The minimum Gasteiger partial charge on any atom is -0.365 e. The molecule has 1 atom stereocenters. The molecule has 4 nitrogen and oxygen atoms in total. The summed E-state index contributed by atoms with van der Waals surface area (Å²) in [6, 6.07) is 21.1. The fourth-order valence-corrected chi connectivity index (χ4v) is 4.16. The van der Waals surface area contributed by atoms with Crippen molar-refractivity contribution in [3.8, 4) is 0 Å². The summed E-state index contributed by atoms with van der Waals surface area (Å²) in [7, 11) is 0. The minimum atomic E-state index is 0.276. The topological polar surface area (TPSA) is 36.4 Å². The van der Waals surface area contributed by atoms with Crippen molar-refractivity contribution < 1.29 is 4.79 Å². The van der Waals surface area contributed by atoms with E-state index in [1.807, 2.05) is 29.3 Å². The van der Waals surface area contributed by atoms with Crippen LogP contribution < -0.4 is 4.90 Å². The van der Waals surface area contributed by atoms with Crippen LogP contribution in [0.15, 0.2) is 66.9 Å². The zero-order valence-electron chi connectivity index (χ0n) is 16.4. The summed E-state index contributed by atoms with van der Waals surface area (Å²) in [5, 5.41) is 1.20. The summed E-state index contributed by atoms with van der Waals surface area (Å²) < 4.78 is 0. The highest BCUT2D eigenvalue weighted by molar-refractivity contribution is 5.82. The molecule has 4 rings (SSSR count). The molecule has 0 radical (unpaired) electrons. The fraction of sp³-hybridized carbons (Fsp3) is 0.333. The Morgan fingerprint density at radius 3 is 2.71 bits per heavy atom. The van der Waals surface area contributed by atoms with E-state index in [0.29, 0.717) is 12.5 Å². The van der Waals surface area contributed by atoms with Gasteiger partial charge in [-0.05, 0) is 49.6 Å². The third-order valence-corrected chi connectivity index (χ3v) is 5.64. The largest absolute Gasteiger partial charge is 0.365 e. The quantitative estimate of drug-likeness (QED) is 0.669. The number of aromatic nitrogens is 1. The van der Waals surface area contributed by atoms with Crippen molar-refractivity contribution in [1.29, 1.82) is 0 Å². The molecule has 4 heteroatoms. The lowest BCUT2D eigenvalue weighted by Gasteiger charge is -2.41. The molecule has 1 aliphatic heterocycles. The van der Waals surface area contributed by atoms with Gasteiger partial charge in [0.05, 0.1) is 5.52 Å². The molecular weight excluding hydrogens is 346 g/mol. The number of fused-ring (bicyclic) bond motifs is 1. The van der Waals surface area contributed by atoms with Crippen LogP contribution in [0, 0.1) is 0 Å². The van der Waals surface area contributed by atoms with E-state index in [4.69, 9.17) is 0 Å². The van der Waals surface area contributed by atoms with Gasteiger partial charge in [-0.1, -0.05) is 36.4 Å². The second-order valence-electron chi connectivity index (χ2n) is 7.56. The van der Waals surface area contributed by atoms with Crippen LogP contribution in [0.3, 0.4) is 0 Å². The molecule has 3 aromatic rings. The van der Waals surface area contributed by atoms with Gasteiger partial charge in [0.2, 0.25) is 5.91 Å². The number of carbonyl (C=O) groups excluding carboxylic acids is 1. The molecule has 1 aromatic heterocycles. The number of rotatable bonds is 5.